The van der Waals surface area contributed by atoms with Crippen molar-refractivity contribution < 1.29 is 4.42 Å². The molecule has 4 nitrogen and oxygen atoms in total. The van der Waals surface area contributed by atoms with Crippen molar-refractivity contribution in [3.8, 4) is 0 Å². The number of aryl methyl sites for hydroxylation is 2. The lowest BCUT2D eigenvalue weighted by Crippen LogP contribution is -2.22. The van der Waals surface area contributed by atoms with Gasteiger partial charge in [-0.2, -0.15) is 0 Å². The van der Waals surface area contributed by atoms with Crippen LogP contribution in [0.5, 0.6) is 0 Å². The maximum atomic E-state index is 11.9. The second kappa shape index (κ2) is 6.26. The molecule has 0 N–H and O–H groups in total. The highest BCUT2D eigenvalue weighted by molar-refractivity contribution is 7.09. The molecular formula is C18H20N2O2S. The molecule has 0 unspecified atom stereocenters. The molecule has 3 aromatic rings. The zero-order valence-corrected chi connectivity index (χ0v) is 14.6. The molecule has 0 fully saturated rings. The van der Waals surface area contributed by atoms with Crippen molar-refractivity contribution in [2.24, 2.45) is 0 Å². The summed E-state index contributed by atoms with van der Waals surface area (Å²) in [6.07, 6.45) is 1.82. The van der Waals surface area contributed by atoms with Gasteiger partial charge in [-0.25, -0.2) is 9.78 Å². The van der Waals surface area contributed by atoms with Gasteiger partial charge in [0.05, 0.1) is 6.04 Å². The standard InChI is InChI=1S/C18H20N2O2S/c1-11-7-15-14(9-17(21)22-16(15)8-12(11)2)10-20(4)13(3)18-19-5-6-23-18/h5-9,13H,10H2,1-4H3/t13-/m1/s1. The van der Waals surface area contributed by atoms with Crippen LogP contribution in [0.1, 0.15) is 34.7 Å². The SMILES string of the molecule is Cc1cc2oc(=O)cc(CN(C)[C@H](C)c3nccs3)c2cc1C. The van der Waals surface area contributed by atoms with E-state index >= 15 is 0 Å². The van der Waals surface area contributed by atoms with Gasteiger partial charge in [0.15, 0.2) is 0 Å². The van der Waals surface area contributed by atoms with Crippen molar-refractivity contribution in [3.05, 3.63) is 61.9 Å². The number of benzene rings is 1. The van der Waals surface area contributed by atoms with Crippen LogP contribution in [-0.2, 0) is 6.54 Å². The van der Waals surface area contributed by atoms with Crippen molar-refractivity contribution in [1.29, 1.82) is 0 Å². The van der Waals surface area contributed by atoms with E-state index in [4.69, 9.17) is 4.42 Å². The molecule has 0 aliphatic carbocycles. The molecule has 0 aliphatic rings. The molecule has 2 heterocycles. The first-order chi connectivity index (χ1) is 11.0. The lowest BCUT2D eigenvalue weighted by atomic mass is 10.0. The summed E-state index contributed by atoms with van der Waals surface area (Å²) < 4.78 is 5.37. The van der Waals surface area contributed by atoms with Crippen LogP contribution in [0.25, 0.3) is 11.0 Å². The highest BCUT2D eigenvalue weighted by Crippen LogP contribution is 2.26. The molecule has 0 radical (unpaired) electrons. The van der Waals surface area contributed by atoms with E-state index in [2.05, 4.69) is 29.8 Å². The fourth-order valence-corrected chi connectivity index (χ4v) is 3.41. The normalized spacial score (nSPS) is 12.9. The topological polar surface area (TPSA) is 46.3 Å². The molecule has 5 heteroatoms. The van der Waals surface area contributed by atoms with E-state index in [1.165, 1.54) is 5.56 Å². The maximum absolute atomic E-state index is 11.9. The Kier molecular flexibility index (Phi) is 4.33. The average Bonchev–Trinajstić information content (AvgIpc) is 3.02. The molecular weight excluding hydrogens is 308 g/mol. The Morgan fingerprint density at radius 3 is 2.70 bits per heavy atom. The fourth-order valence-electron chi connectivity index (χ4n) is 2.65. The minimum atomic E-state index is -0.300. The van der Waals surface area contributed by atoms with Crippen molar-refractivity contribution in [3.63, 3.8) is 0 Å². The highest BCUT2D eigenvalue weighted by atomic mass is 32.1. The zero-order valence-electron chi connectivity index (χ0n) is 13.8. The number of hydrogen-bond donors (Lipinski definition) is 0. The number of nitrogens with zero attached hydrogens (tertiary/aromatic N) is 2. The van der Waals surface area contributed by atoms with Gasteiger partial charge in [0.1, 0.15) is 10.6 Å². The van der Waals surface area contributed by atoms with Crippen LogP contribution in [0, 0.1) is 13.8 Å². The number of hydrogen-bond acceptors (Lipinski definition) is 5. The third kappa shape index (κ3) is 3.21. The summed E-state index contributed by atoms with van der Waals surface area (Å²) in [5, 5.41) is 4.07. The fraction of sp³-hybridized carbons (Fsp3) is 0.333. The molecule has 3 rings (SSSR count). The van der Waals surface area contributed by atoms with Crippen LogP contribution in [0.2, 0.25) is 0 Å². The summed E-state index contributed by atoms with van der Waals surface area (Å²) in [6, 6.07) is 5.84. The number of aromatic nitrogens is 1. The predicted octanol–water partition coefficient (Wildman–Crippen LogP) is 4.06. The zero-order chi connectivity index (χ0) is 16.6. The molecule has 0 spiro atoms. The molecule has 0 saturated heterocycles. The van der Waals surface area contributed by atoms with Crippen molar-refractivity contribution in [2.45, 2.75) is 33.4 Å². The van der Waals surface area contributed by atoms with Gasteiger partial charge in [-0.1, -0.05) is 0 Å². The summed E-state index contributed by atoms with van der Waals surface area (Å²) in [6.45, 7) is 6.90. The Morgan fingerprint density at radius 2 is 2.00 bits per heavy atom. The van der Waals surface area contributed by atoms with Gasteiger partial charge >= 0.3 is 5.63 Å². The molecule has 0 bridgehead atoms. The molecule has 2 aromatic heterocycles. The smallest absolute Gasteiger partial charge is 0.336 e. The lowest BCUT2D eigenvalue weighted by Gasteiger charge is -2.23. The third-order valence-corrected chi connectivity index (χ3v) is 5.28. The van der Waals surface area contributed by atoms with E-state index in [1.54, 1.807) is 17.4 Å². The van der Waals surface area contributed by atoms with Gasteiger partial charge in [0.25, 0.3) is 0 Å². The van der Waals surface area contributed by atoms with Crippen LogP contribution >= 0.6 is 11.3 Å². The van der Waals surface area contributed by atoms with E-state index in [0.29, 0.717) is 12.1 Å². The monoisotopic (exact) mass is 328 g/mol. The quantitative estimate of drug-likeness (QED) is 0.678. The number of fused-ring (bicyclic) bond motifs is 1. The Bertz CT molecular complexity index is 884. The second-order valence-corrected chi connectivity index (χ2v) is 6.91. The summed E-state index contributed by atoms with van der Waals surface area (Å²) in [4.78, 5) is 18.5. The second-order valence-electron chi connectivity index (χ2n) is 5.98. The van der Waals surface area contributed by atoms with Crippen LogP contribution in [0.3, 0.4) is 0 Å². The summed E-state index contributed by atoms with van der Waals surface area (Å²) in [7, 11) is 2.05. The Morgan fingerprint density at radius 1 is 1.26 bits per heavy atom. The van der Waals surface area contributed by atoms with E-state index in [1.807, 2.05) is 31.6 Å². The lowest BCUT2D eigenvalue weighted by molar-refractivity contribution is 0.253. The van der Waals surface area contributed by atoms with Gasteiger partial charge in [-0.3, -0.25) is 4.90 Å². The minimum Gasteiger partial charge on any atom is -0.423 e. The molecule has 120 valence electrons. The predicted molar refractivity (Wildman–Crippen MR) is 94.0 cm³/mol. The maximum Gasteiger partial charge on any atom is 0.336 e. The van der Waals surface area contributed by atoms with Crippen molar-refractivity contribution in [1.82, 2.24) is 9.88 Å². The molecule has 23 heavy (non-hydrogen) atoms. The van der Waals surface area contributed by atoms with E-state index in [-0.39, 0.29) is 11.7 Å². The Hall–Kier alpha value is -1.98. The average molecular weight is 328 g/mol. The molecule has 0 amide bonds. The van der Waals surface area contributed by atoms with Gasteiger partial charge in [-0.15, -0.1) is 11.3 Å². The van der Waals surface area contributed by atoms with Gasteiger partial charge < -0.3 is 4.42 Å². The van der Waals surface area contributed by atoms with E-state index < -0.39 is 0 Å². The highest BCUT2D eigenvalue weighted by Gasteiger charge is 2.16. The van der Waals surface area contributed by atoms with Crippen LogP contribution in [0.15, 0.2) is 39.0 Å². The first-order valence-electron chi connectivity index (χ1n) is 7.59. The molecule has 0 aliphatic heterocycles. The van der Waals surface area contributed by atoms with Crippen LogP contribution in [-0.4, -0.2) is 16.9 Å². The van der Waals surface area contributed by atoms with Gasteiger partial charge in [-0.05, 0) is 56.6 Å². The first kappa shape index (κ1) is 15.9. The number of rotatable bonds is 4. The third-order valence-electron chi connectivity index (χ3n) is 4.33. The van der Waals surface area contributed by atoms with E-state index in [0.717, 1.165) is 21.5 Å². The molecule has 1 atom stereocenters. The van der Waals surface area contributed by atoms with Gasteiger partial charge in [0.2, 0.25) is 0 Å². The Labute approximate surface area is 139 Å². The van der Waals surface area contributed by atoms with Crippen LogP contribution in [0.4, 0.5) is 0 Å². The van der Waals surface area contributed by atoms with Crippen molar-refractivity contribution >= 4 is 22.3 Å². The first-order valence-corrected chi connectivity index (χ1v) is 8.47. The Balaban J connectivity index is 1.99. The van der Waals surface area contributed by atoms with Gasteiger partial charge in [0, 0.05) is 29.6 Å². The van der Waals surface area contributed by atoms with E-state index in [9.17, 15) is 4.79 Å². The number of thiazole rings is 1. The molecule has 0 saturated carbocycles. The largest absolute Gasteiger partial charge is 0.423 e. The van der Waals surface area contributed by atoms with Crippen LogP contribution < -0.4 is 5.63 Å². The summed E-state index contributed by atoms with van der Waals surface area (Å²) in [5.74, 6) is 0. The summed E-state index contributed by atoms with van der Waals surface area (Å²) >= 11 is 1.65. The summed E-state index contributed by atoms with van der Waals surface area (Å²) in [5.41, 5.74) is 3.67. The molecule has 1 aromatic carbocycles. The van der Waals surface area contributed by atoms with Crippen molar-refractivity contribution in [2.75, 3.05) is 7.05 Å². The minimum absolute atomic E-state index is 0.198.